The number of hydrogen-bond acceptors (Lipinski definition) is 1. The molecule has 0 saturated heterocycles. The molecule has 0 bridgehead atoms. The van der Waals surface area contributed by atoms with Crippen molar-refractivity contribution in [2.75, 3.05) is 0 Å². The Morgan fingerprint density at radius 2 is 1.55 bits per heavy atom. The summed E-state index contributed by atoms with van der Waals surface area (Å²) in [6.45, 7) is 6.65. The third-order valence-electron chi connectivity index (χ3n) is 3.43. The molecule has 0 spiro atoms. The van der Waals surface area contributed by atoms with Crippen LogP contribution in [0.5, 0.6) is 0 Å². The van der Waals surface area contributed by atoms with Gasteiger partial charge in [-0.2, -0.15) is 0 Å². The fourth-order valence-electron chi connectivity index (χ4n) is 2.12. The van der Waals surface area contributed by atoms with Crippen LogP contribution in [0.2, 0.25) is 0 Å². The summed E-state index contributed by atoms with van der Waals surface area (Å²) in [5.74, 6) is 0. The van der Waals surface area contributed by atoms with E-state index in [2.05, 4.69) is 83.0 Å². The second kappa shape index (κ2) is 6.00. The Labute approximate surface area is 137 Å². The highest BCUT2D eigenvalue weighted by Crippen LogP contribution is 2.30. The predicted octanol–water partition coefficient (Wildman–Crippen LogP) is 5.56. The summed E-state index contributed by atoms with van der Waals surface area (Å²) in [5, 5.41) is 0. The van der Waals surface area contributed by atoms with Crippen LogP contribution in [0, 0.1) is 0 Å². The van der Waals surface area contributed by atoms with Crippen molar-refractivity contribution < 1.29 is 0 Å². The Hall–Kier alpha value is -0.640. The molecule has 0 aliphatic carbocycles. The van der Waals surface area contributed by atoms with E-state index in [0.29, 0.717) is 0 Å². The van der Waals surface area contributed by atoms with Crippen LogP contribution in [0.15, 0.2) is 51.4 Å². The van der Waals surface area contributed by atoms with Gasteiger partial charge in [-0.05, 0) is 40.3 Å². The smallest absolute Gasteiger partial charge is 0.0563 e. The van der Waals surface area contributed by atoms with Crippen molar-refractivity contribution in [1.82, 2.24) is 0 Å². The molecule has 0 amide bonds. The largest absolute Gasteiger partial charge is 0.320 e. The molecule has 2 aromatic rings. The third kappa shape index (κ3) is 3.51. The molecule has 2 aromatic carbocycles. The van der Waals surface area contributed by atoms with Crippen LogP contribution in [0.4, 0.5) is 0 Å². The van der Waals surface area contributed by atoms with E-state index in [-0.39, 0.29) is 11.5 Å². The second-order valence-corrected chi connectivity index (χ2v) is 7.79. The van der Waals surface area contributed by atoms with Gasteiger partial charge in [0.15, 0.2) is 0 Å². The highest BCUT2D eigenvalue weighted by atomic mass is 79.9. The lowest BCUT2D eigenvalue weighted by atomic mass is 9.86. The molecule has 0 fully saturated rings. The van der Waals surface area contributed by atoms with Crippen molar-refractivity contribution in [3.63, 3.8) is 0 Å². The van der Waals surface area contributed by atoms with Crippen molar-refractivity contribution in [2.45, 2.75) is 32.2 Å². The Balaban J connectivity index is 2.34. The molecule has 1 atom stereocenters. The Morgan fingerprint density at radius 1 is 0.950 bits per heavy atom. The quantitative estimate of drug-likeness (QED) is 0.706. The van der Waals surface area contributed by atoms with E-state index in [1.54, 1.807) is 0 Å². The number of halogens is 2. The Kier molecular flexibility index (Phi) is 4.73. The Morgan fingerprint density at radius 3 is 2.10 bits per heavy atom. The monoisotopic (exact) mass is 395 g/mol. The zero-order valence-electron chi connectivity index (χ0n) is 12.0. The number of hydrogen-bond donors (Lipinski definition) is 1. The van der Waals surface area contributed by atoms with Gasteiger partial charge in [0.05, 0.1) is 6.04 Å². The van der Waals surface area contributed by atoms with Gasteiger partial charge < -0.3 is 5.73 Å². The van der Waals surface area contributed by atoms with E-state index >= 15 is 0 Å². The van der Waals surface area contributed by atoms with Crippen LogP contribution in [0.1, 0.15) is 43.5 Å². The van der Waals surface area contributed by atoms with Crippen molar-refractivity contribution >= 4 is 31.9 Å². The van der Waals surface area contributed by atoms with Crippen LogP contribution in [0.3, 0.4) is 0 Å². The van der Waals surface area contributed by atoms with Crippen LogP contribution in [0.25, 0.3) is 0 Å². The summed E-state index contributed by atoms with van der Waals surface area (Å²) in [4.78, 5) is 0. The maximum absolute atomic E-state index is 6.39. The van der Waals surface area contributed by atoms with E-state index in [9.17, 15) is 0 Å². The van der Waals surface area contributed by atoms with Gasteiger partial charge in [0, 0.05) is 8.95 Å². The lowest BCUT2D eigenvalue weighted by Crippen LogP contribution is -2.14. The third-order valence-corrected chi connectivity index (χ3v) is 4.64. The first-order chi connectivity index (χ1) is 9.29. The van der Waals surface area contributed by atoms with Gasteiger partial charge in [0.1, 0.15) is 0 Å². The summed E-state index contributed by atoms with van der Waals surface area (Å²) < 4.78 is 2.07. The molecular weight excluding hydrogens is 378 g/mol. The molecule has 0 aliphatic rings. The molecule has 0 aliphatic heterocycles. The summed E-state index contributed by atoms with van der Waals surface area (Å²) in [7, 11) is 0. The lowest BCUT2D eigenvalue weighted by Gasteiger charge is -2.21. The Bertz CT molecular complexity index is 597. The van der Waals surface area contributed by atoms with Gasteiger partial charge >= 0.3 is 0 Å². The average Bonchev–Trinajstić information content (AvgIpc) is 2.40. The predicted molar refractivity (Wildman–Crippen MR) is 93.0 cm³/mol. The summed E-state index contributed by atoms with van der Waals surface area (Å²) >= 11 is 7.07. The van der Waals surface area contributed by atoms with Gasteiger partial charge in [-0.25, -0.2) is 0 Å². The first kappa shape index (κ1) is 15.7. The summed E-state index contributed by atoms with van der Waals surface area (Å²) in [5.41, 5.74) is 10.1. The SMILES string of the molecule is CC(C)(C)c1ccc(C(N)c2cc(Br)ccc2Br)cc1. The maximum Gasteiger partial charge on any atom is 0.0563 e. The van der Waals surface area contributed by atoms with Crippen molar-refractivity contribution in [2.24, 2.45) is 5.73 Å². The molecule has 0 heterocycles. The van der Waals surface area contributed by atoms with Gasteiger partial charge in [0.25, 0.3) is 0 Å². The van der Waals surface area contributed by atoms with Crippen molar-refractivity contribution in [3.8, 4) is 0 Å². The van der Waals surface area contributed by atoms with Crippen molar-refractivity contribution in [3.05, 3.63) is 68.1 Å². The van der Waals surface area contributed by atoms with Crippen LogP contribution >= 0.6 is 31.9 Å². The molecule has 3 heteroatoms. The highest BCUT2D eigenvalue weighted by molar-refractivity contribution is 9.11. The highest BCUT2D eigenvalue weighted by Gasteiger charge is 2.16. The number of nitrogens with two attached hydrogens (primary N) is 1. The van der Waals surface area contributed by atoms with E-state index in [4.69, 9.17) is 5.73 Å². The van der Waals surface area contributed by atoms with Crippen molar-refractivity contribution in [1.29, 1.82) is 0 Å². The molecular formula is C17H19Br2N. The molecule has 20 heavy (non-hydrogen) atoms. The molecule has 0 aromatic heterocycles. The minimum Gasteiger partial charge on any atom is -0.320 e. The van der Waals surface area contributed by atoms with Crippen LogP contribution in [-0.2, 0) is 5.41 Å². The lowest BCUT2D eigenvalue weighted by molar-refractivity contribution is 0.589. The summed E-state index contributed by atoms with van der Waals surface area (Å²) in [6, 6.07) is 14.5. The average molecular weight is 397 g/mol. The molecule has 2 rings (SSSR count). The van der Waals surface area contributed by atoms with Crippen LogP contribution < -0.4 is 5.73 Å². The fourth-order valence-corrected chi connectivity index (χ4v) is 2.99. The zero-order chi connectivity index (χ0) is 14.9. The van der Waals surface area contributed by atoms with Gasteiger partial charge in [-0.3, -0.25) is 0 Å². The molecule has 1 nitrogen and oxygen atoms in total. The standard InChI is InChI=1S/C17H19Br2N/c1-17(2,3)12-6-4-11(5-7-12)16(20)14-10-13(18)8-9-15(14)19/h4-10,16H,20H2,1-3H3. The minimum absolute atomic E-state index is 0.129. The number of benzene rings is 2. The maximum atomic E-state index is 6.39. The van der Waals surface area contributed by atoms with E-state index in [1.807, 2.05) is 12.1 Å². The van der Waals surface area contributed by atoms with Gasteiger partial charge in [0.2, 0.25) is 0 Å². The topological polar surface area (TPSA) is 26.0 Å². The molecule has 1 unspecified atom stereocenters. The first-order valence-electron chi connectivity index (χ1n) is 6.60. The zero-order valence-corrected chi connectivity index (χ0v) is 15.1. The van der Waals surface area contributed by atoms with Gasteiger partial charge in [-0.15, -0.1) is 0 Å². The minimum atomic E-state index is -0.129. The molecule has 2 N–H and O–H groups in total. The molecule has 0 saturated carbocycles. The fraction of sp³-hybridized carbons (Fsp3) is 0.294. The summed E-state index contributed by atoms with van der Waals surface area (Å²) in [6.07, 6.45) is 0. The van der Waals surface area contributed by atoms with Gasteiger partial charge in [-0.1, -0.05) is 76.9 Å². The normalized spacial score (nSPS) is 13.3. The first-order valence-corrected chi connectivity index (χ1v) is 8.18. The molecule has 106 valence electrons. The van der Waals surface area contributed by atoms with E-state index in [1.165, 1.54) is 5.56 Å². The van der Waals surface area contributed by atoms with E-state index in [0.717, 1.165) is 20.1 Å². The molecule has 0 radical (unpaired) electrons. The second-order valence-electron chi connectivity index (χ2n) is 6.02. The van der Waals surface area contributed by atoms with Crippen LogP contribution in [-0.4, -0.2) is 0 Å². The number of rotatable bonds is 2. The van der Waals surface area contributed by atoms with E-state index < -0.39 is 0 Å².